The first kappa shape index (κ1) is 19.1. The van der Waals surface area contributed by atoms with Crippen molar-refractivity contribution in [3.05, 3.63) is 0 Å². The third kappa shape index (κ3) is 4.42. The van der Waals surface area contributed by atoms with Crippen molar-refractivity contribution in [2.75, 3.05) is 13.1 Å². The number of esters is 1. The van der Waals surface area contributed by atoms with Gasteiger partial charge in [-0.2, -0.15) is 0 Å². The van der Waals surface area contributed by atoms with Crippen LogP contribution in [0.25, 0.3) is 0 Å². The van der Waals surface area contributed by atoms with E-state index in [-0.39, 0.29) is 23.8 Å². The first-order chi connectivity index (χ1) is 11.3. The van der Waals surface area contributed by atoms with Gasteiger partial charge in [0.15, 0.2) is 0 Å². The Kier molecular flexibility index (Phi) is 6.16. The molecule has 2 fully saturated rings. The molecule has 0 radical (unpaired) electrons. The first-order valence-electron chi connectivity index (χ1n) is 9.51. The zero-order chi connectivity index (χ0) is 17.8. The lowest BCUT2D eigenvalue weighted by atomic mass is 9.90. The lowest BCUT2D eigenvalue weighted by Gasteiger charge is -2.36. The molecule has 1 heterocycles. The van der Waals surface area contributed by atoms with Crippen LogP contribution in [0.15, 0.2) is 0 Å². The second-order valence-corrected chi connectivity index (χ2v) is 7.94. The first-order valence-corrected chi connectivity index (χ1v) is 9.51. The summed E-state index contributed by atoms with van der Waals surface area (Å²) in [4.78, 5) is 26.4. The van der Waals surface area contributed by atoms with E-state index in [9.17, 15) is 9.59 Å². The van der Waals surface area contributed by atoms with Crippen LogP contribution >= 0.6 is 0 Å². The zero-order valence-electron chi connectivity index (χ0n) is 15.7. The molecule has 0 atom stereocenters. The molecule has 5 nitrogen and oxygen atoms in total. The van der Waals surface area contributed by atoms with Crippen molar-refractivity contribution in [2.24, 2.45) is 5.41 Å². The fraction of sp³-hybridized carbons (Fsp3) is 0.895. The van der Waals surface area contributed by atoms with E-state index in [1.807, 2.05) is 20.8 Å². The number of hydrogen-bond donors (Lipinski definition) is 0. The molecule has 0 unspecified atom stereocenters. The van der Waals surface area contributed by atoms with E-state index in [0.29, 0.717) is 25.9 Å². The molecule has 1 aliphatic carbocycles. The summed E-state index contributed by atoms with van der Waals surface area (Å²) < 4.78 is 11.5. The van der Waals surface area contributed by atoms with Crippen LogP contribution in [-0.2, 0) is 14.3 Å². The Hall–Kier alpha value is -1.26. The Morgan fingerprint density at radius 2 is 1.71 bits per heavy atom. The highest BCUT2D eigenvalue weighted by Gasteiger charge is 2.38. The minimum absolute atomic E-state index is 0.0843. The second kappa shape index (κ2) is 7.75. The number of nitrogens with zero attached hydrogens (tertiary/aromatic N) is 1. The fourth-order valence-corrected chi connectivity index (χ4v) is 3.41. The minimum atomic E-state index is -0.438. The van der Waals surface area contributed by atoms with Gasteiger partial charge in [0, 0.05) is 25.9 Å². The maximum atomic E-state index is 12.4. The van der Waals surface area contributed by atoms with E-state index in [1.165, 1.54) is 0 Å². The molecule has 24 heavy (non-hydrogen) atoms. The molecule has 5 heteroatoms. The van der Waals surface area contributed by atoms with Gasteiger partial charge in [-0.1, -0.05) is 13.8 Å². The highest BCUT2D eigenvalue weighted by atomic mass is 16.6. The number of amides is 1. The quantitative estimate of drug-likeness (QED) is 0.701. The molecule has 138 valence electrons. The number of carbonyl (C=O) groups excluding carboxylic acids is 2. The van der Waals surface area contributed by atoms with Gasteiger partial charge in [-0.05, 0) is 52.4 Å². The number of piperidine rings is 1. The number of carbonyl (C=O) groups is 2. The van der Waals surface area contributed by atoms with Crippen LogP contribution < -0.4 is 0 Å². The number of rotatable bonds is 5. The number of likely N-dealkylation sites (tertiary alicyclic amines) is 1. The Balaban J connectivity index is 1.80. The summed E-state index contributed by atoms with van der Waals surface area (Å²) in [5.74, 6) is -0.137. The Bertz CT molecular complexity index is 446. The number of ether oxygens (including phenoxy) is 2. The molecular weight excluding hydrogens is 306 g/mol. The average molecular weight is 339 g/mol. The molecule has 1 aliphatic heterocycles. The Morgan fingerprint density at radius 1 is 1.12 bits per heavy atom. The Morgan fingerprint density at radius 3 is 2.21 bits per heavy atom. The summed E-state index contributed by atoms with van der Waals surface area (Å²) in [6.45, 7) is 9.11. The lowest BCUT2D eigenvalue weighted by molar-refractivity contribution is -0.161. The van der Waals surface area contributed by atoms with Gasteiger partial charge in [0.2, 0.25) is 0 Å². The highest BCUT2D eigenvalue weighted by Crippen LogP contribution is 2.36. The van der Waals surface area contributed by atoms with Crippen molar-refractivity contribution in [3.8, 4) is 0 Å². The summed E-state index contributed by atoms with van der Waals surface area (Å²) in [5.41, 5.74) is -0.683. The molecule has 0 aromatic heterocycles. The van der Waals surface area contributed by atoms with E-state index in [4.69, 9.17) is 9.47 Å². The maximum Gasteiger partial charge on any atom is 0.410 e. The smallest absolute Gasteiger partial charge is 0.410 e. The van der Waals surface area contributed by atoms with Crippen LogP contribution in [0.3, 0.4) is 0 Å². The van der Waals surface area contributed by atoms with Crippen LogP contribution in [0.5, 0.6) is 0 Å². The third-order valence-electron chi connectivity index (χ3n) is 5.87. The summed E-state index contributed by atoms with van der Waals surface area (Å²) >= 11 is 0. The molecule has 0 aromatic rings. The summed E-state index contributed by atoms with van der Waals surface area (Å²) in [5, 5.41) is 0. The van der Waals surface area contributed by atoms with Gasteiger partial charge in [-0.3, -0.25) is 4.79 Å². The fourth-order valence-electron chi connectivity index (χ4n) is 3.41. The van der Waals surface area contributed by atoms with Gasteiger partial charge in [0.25, 0.3) is 0 Å². The van der Waals surface area contributed by atoms with Gasteiger partial charge in [0.1, 0.15) is 11.7 Å². The molecule has 0 bridgehead atoms. The SMILES string of the molecule is CCC1(OC(=O)N2CCC(OC(=O)C(C)(C)CC)CC2)CCCC1. The standard InChI is InChI=1S/C19H33NO4/c1-5-18(3,4)16(21)23-15-9-13-20(14-10-15)17(22)24-19(6-2)11-7-8-12-19/h15H,5-14H2,1-4H3. The van der Waals surface area contributed by atoms with Crippen LogP contribution in [0.4, 0.5) is 4.79 Å². The van der Waals surface area contributed by atoms with E-state index >= 15 is 0 Å². The van der Waals surface area contributed by atoms with E-state index in [0.717, 1.165) is 38.5 Å². The van der Waals surface area contributed by atoms with Crippen LogP contribution in [0.2, 0.25) is 0 Å². The minimum Gasteiger partial charge on any atom is -0.462 e. The monoisotopic (exact) mass is 339 g/mol. The number of hydrogen-bond acceptors (Lipinski definition) is 4. The molecule has 2 rings (SSSR count). The molecule has 2 aliphatic rings. The van der Waals surface area contributed by atoms with Crippen LogP contribution in [0, 0.1) is 5.41 Å². The van der Waals surface area contributed by atoms with Crippen molar-refractivity contribution < 1.29 is 19.1 Å². The van der Waals surface area contributed by atoms with Gasteiger partial charge in [0.05, 0.1) is 5.41 Å². The largest absolute Gasteiger partial charge is 0.462 e. The molecule has 0 N–H and O–H groups in total. The Labute approximate surface area is 146 Å². The molecule has 0 aromatic carbocycles. The van der Waals surface area contributed by atoms with Gasteiger partial charge in [-0.15, -0.1) is 0 Å². The molecule has 1 saturated carbocycles. The van der Waals surface area contributed by atoms with Gasteiger partial charge >= 0.3 is 12.1 Å². The van der Waals surface area contributed by atoms with Crippen molar-refractivity contribution in [3.63, 3.8) is 0 Å². The summed E-state index contributed by atoms with van der Waals surface area (Å²) in [6.07, 6.45) is 7.01. The second-order valence-electron chi connectivity index (χ2n) is 7.94. The highest BCUT2D eigenvalue weighted by molar-refractivity contribution is 5.76. The third-order valence-corrected chi connectivity index (χ3v) is 5.87. The van der Waals surface area contributed by atoms with Crippen molar-refractivity contribution in [1.29, 1.82) is 0 Å². The molecule has 1 amide bonds. The van der Waals surface area contributed by atoms with Crippen molar-refractivity contribution >= 4 is 12.1 Å². The molecule has 1 saturated heterocycles. The van der Waals surface area contributed by atoms with Crippen molar-refractivity contribution in [2.45, 2.75) is 90.8 Å². The summed E-state index contributed by atoms with van der Waals surface area (Å²) in [7, 11) is 0. The van der Waals surface area contributed by atoms with Crippen LogP contribution in [-0.4, -0.2) is 41.8 Å². The van der Waals surface area contributed by atoms with Crippen molar-refractivity contribution in [1.82, 2.24) is 4.90 Å². The predicted octanol–water partition coefficient (Wildman–Crippen LogP) is 4.29. The van der Waals surface area contributed by atoms with E-state index in [2.05, 4.69) is 6.92 Å². The zero-order valence-corrected chi connectivity index (χ0v) is 15.7. The molecular formula is C19H33NO4. The van der Waals surface area contributed by atoms with Gasteiger partial charge < -0.3 is 14.4 Å². The van der Waals surface area contributed by atoms with E-state index in [1.54, 1.807) is 4.90 Å². The predicted molar refractivity (Wildman–Crippen MR) is 92.7 cm³/mol. The lowest BCUT2D eigenvalue weighted by Crippen LogP contribution is -2.45. The van der Waals surface area contributed by atoms with E-state index < -0.39 is 5.41 Å². The van der Waals surface area contributed by atoms with Gasteiger partial charge in [-0.25, -0.2) is 4.79 Å². The summed E-state index contributed by atoms with van der Waals surface area (Å²) in [6, 6.07) is 0. The normalized spacial score (nSPS) is 21.6. The topological polar surface area (TPSA) is 55.8 Å². The molecule has 0 spiro atoms. The maximum absolute atomic E-state index is 12.4. The van der Waals surface area contributed by atoms with Crippen LogP contribution in [0.1, 0.15) is 79.1 Å². The average Bonchev–Trinajstić information content (AvgIpc) is 3.04.